The molecule has 0 spiro atoms. The van der Waals surface area contributed by atoms with E-state index < -0.39 is 0 Å². The van der Waals surface area contributed by atoms with E-state index in [2.05, 4.69) is 18.9 Å². The Balaban J connectivity index is 2.05. The molecule has 5 heteroatoms. The fraction of sp³-hybridized carbons (Fsp3) is 0.667. The van der Waals surface area contributed by atoms with Crippen molar-refractivity contribution < 1.29 is 9.53 Å². The largest absolute Gasteiger partial charge is 0.457 e. The topological polar surface area (TPSA) is 44.1 Å². The Kier molecular flexibility index (Phi) is 3.76. The zero-order valence-electron chi connectivity index (χ0n) is 10.5. The van der Waals surface area contributed by atoms with Crippen molar-refractivity contribution in [1.29, 1.82) is 0 Å². The van der Waals surface area contributed by atoms with Crippen LogP contribution in [0.4, 0.5) is 0 Å². The number of aryl methyl sites for hydroxylation is 1. The average molecular weight is 254 g/mol. The lowest BCUT2D eigenvalue weighted by atomic mass is 10.1. The predicted octanol–water partition coefficient (Wildman–Crippen LogP) is 2.21. The summed E-state index contributed by atoms with van der Waals surface area (Å²) in [5.74, 6) is 2.06. The summed E-state index contributed by atoms with van der Waals surface area (Å²) in [7, 11) is 1.86. The molecule has 1 saturated heterocycles. The van der Waals surface area contributed by atoms with E-state index in [9.17, 15) is 4.79 Å². The molecule has 17 heavy (non-hydrogen) atoms. The van der Waals surface area contributed by atoms with Crippen LogP contribution in [0.3, 0.4) is 0 Å². The minimum atomic E-state index is -0.292. The van der Waals surface area contributed by atoms with Gasteiger partial charge in [0.25, 0.3) is 0 Å². The number of carbonyl (C=O) groups is 1. The van der Waals surface area contributed by atoms with Gasteiger partial charge in [-0.3, -0.25) is 4.68 Å². The number of ether oxygens (including phenoxy) is 1. The number of nitrogens with zero attached hydrogens (tertiary/aromatic N) is 2. The summed E-state index contributed by atoms with van der Waals surface area (Å²) >= 11 is 1.83. The molecule has 1 aliphatic heterocycles. The summed E-state index contributed by atoms with van der Waals surface area (Å²) in [5, 5.41) is 4.21. The zero-order chi connectivity index (χ0) is 12.4. The monoisotopic (exact) mass is 254 g/mol. The highest BCUT2D eigenvalue weighted by Gasteiger charge is 2.23. The molecule has 0 unspecified atom stereocenters. The van der Waals surface area contributed by atoms with Gasteiger partial charge in [0.2, 0.25) is 0 Å². The quantitative estimate of drug-likeness (QED) is 0.776. The lowest BCUT2D eigenvalue weighted by Gasteiger charge is -2.08. The number of hydrogen-bond donors (Lipinski definition) is 0. The highest BCUT2D eigenvalue weighted by Crippen LogP contribution is 2.21. The third-order valence-corrected chi connectivity index (χ3v) is 4.01. The normalized spacial score (nSPS) is 19.9. The fourth-order valence-corrected chi connectivity index (χ4v) is 3.03. The molecule has 1 fully saturated rings. The van der Waals surface area contributed by atoms with Crippen molar-refractivity contribution >= 4 is 17.7 Å². The number of aromatic nitrogens is 2. The van der Waals surface area contributed by atoms with Gasteiger partial charge in [-0.1, -0.05) is 13.8 Å². The molecule has 0 aliphatic carbocycles. The van der Waals surface area contributed by atoms with Crippen LogP contribution in [0, 0.1) is 0 Å². The Morgan fingerprint density at radius 2 is 2.41 bits per heavy atom. The number of esters is 1. The van der Waals surface area contributed by atoms with Gasteiger partial charge >= 0.3 is 5.97 Å². The van der Waals surface area contributed by atoms with Gasteiger partial charge in [-0.25, -0.2) is 4.79 Å². The van der Waals surface area contributed by atoms with Gasteiger partial charge in [0.05, 0.1) is 0 Å². The minimum absolute atomic E-state index is 0.0667. The van der Waals surface area contributed by atoms with Crippen LogP contribution in [0.5, 0.6) is 0 Å². The van der Waals surface area contributed by atoms with Crippen LogP contribution >= 0.6 is 11.8 Å². The van der Waals surface area contributed by atoms with Crippen LogP contribution < -0.4 is 0 Å². The Bertz CT molecular complexity index is 409. The second-order valence-corrected chi connectivity index (χ2v) is 5.77. The molecule has 1 aromatic heterocycles. The number of thioether (sulfide) groups is 1. The Hall–Kier alpha value is -0.970. The van der Waals surface area contributed by atoms with Gasteiger partial charge in [0.15, 0.2) is 5.69 Å². The molecule has 0 radical (unpaired) electrons. The first kappa shape index (κ1) is 12.5. The van der Waals surface area contributed by atoms with E-state index in [1.165, 1.54) is 0 Å². The SMILES string of the molecule is CC(C)c1cc(C(=O)O[C@@H]2CCSC2)nn1C. The molecule has 4 nitrogen and oxygen atoms in total. The van der Waals surface area contributed by atoms with Crippen molar-refractivity contribution in [2.45, 2.75) is 32.3 Å². The lowest BCUT2D eigenvalue weighted by molar-refractivity contribution is 0.0349. The van der Waals surface area contributed by atoms with E-state index in [1.807, 2.05) is 24.9 Å². The minimum Gasteiger partial charge on any atom is -0.457 e. The van der Waals surface area contributed by atoms with Crippen molar-refractivity contribution in [3.05, 3.63) is 17.5 Å². The summed E-state index contributed by atoms with van der Waals surface area (Å²) in [4.78, 5) is 11.9. The van der Waals surface area contributed by atoms with Crippen LogP contribution in [0.15, 0.2) is 6.07 Å². The van der Waals surface area contributed by atoms with Crippen molar-refractivity contribution in [2.75, 3.05) is 11.5 Å². The highest BCUT2D eigenvalue weighted by molar-refractivity contribution is 7.99. The van der Waals surface area contributed by atoms with Crippen molar-refractivity contribution in [2.24, 2.45) is 7.05 Å². The molecule has 0 amide bonds. The van der Waals surface area contributed by atoms with Gasteiger partial charge in [-0.05, 0) is 24.2 Å². The fourth-order valence-electron chi connectivity index (χ4n) is 1.94. The Morgan fingerprint density at radius 1 is 1.65 bits per heavy atom. The molecule has 1 atom stereocenters. The van der Waals surface area contributed by atoms with Crippen LogP contribution in [0.2, 0.25) is 0 Å². The van der Waals surface area contributed by atoms with Crippen LogP contribution in [-0.4, -0.2) is 33.4 Å². The van der Waals surface area contributed by atoms with E-state index in [0.717, 1.165) is 23.6 Å². The number of hydrogen-bond acceptors (Lipinski definition) is 4. The number of rotatable bonds is 3. The molecule has 1 aliphatic rings. The van der Waals surface area contributed by atoms with E-state index >= 15 is 0 Å². The van der Waals surface area contributed by atoms with Crippen molar-refractivity contribution in [3.63, 3.8) is 0 Å². The van der Waals surface area contributed by atoms with E-state index in [4.69, 9.17) is 4.74 Å². The second-order valence-electron chi connectivity index (χ2n) is 4.62. The van der Waals surface area contributed by atoms with Gasteiger partial charge in [-0.15, -0.1) is 0 Å². The molecule has 0 N–H and O–H groups in total. The Labute approximate surface area is 106 Å². The standard InChI is InChI=1S/C12H18N2O2S/c1-8(2)11-6-10(13-14(11)3)12(15)16-9-4-5-17-7-9/h6,8-9H,4-5,7H2,1-3H3/t9-/m1/s1. The van der Waals surface area contributed by atoms with Crippen molar-refractivity contribution in [3.8, 4) is 0 Å². The van der Waals surface area contributed by atoms with Gasteiger partial charge in [-0.2, -0.15) is 16.9 Å². The molecule has 0 aromatic carbocycles. The summed E-state index contributed by atoms with van der Waals surface area (Å²) in [6.07, 6.45) is 1.03. The maximum absolute atomic E-state index is 11.9. The average Bonchev–Trinajstić information content (AvgIpc) is 2.86. The van der Waals surface area contributed by atoms with E-state index in [1.54, 1.807) is 4.68 Å². The molecule has 1 aromatic rings. The summed E-state index contributed by atoms with van der Waals surface area (Å²) in [6, 6.07) is 1.83. The molecular formula is C12H18N2O2S. The summed E-state index contributed by atoms with van der Waals surface area (Å²) in [6.45, 7) is 4.17. The zero-order valence-corrected chi connectivity index (χ0v) is 11.3. The smallest absolute Gasteiger partial charge is 0.359 e. The van der Waals surface area contributed by atoms with E-state index in [-0.39, 0.29) is 12.1 Å². The third kappa shape index (κ3) is 2.83. The molecular weight excluding hydrogens is 236 g/mol. The third-order valence-electron chi connectivity index (χ3n) is 2.88. The summed E-state index contributed by atoms with van der Waals surface area (Å²) < 4.78 is 7.16. The maximum Gasteiger partial charge on any atom is 0.359 e. The first-order valence-corrected chi connectivity index (χ1v) is 7.06. The van der Waals surface area contributed by atoms with Crippen LogP contribution in [0.1, 0.15) is 42.4 Å². The first-order chi connectivity index (χ1) is 8.08. The molecule has 2 rings (SSSR count). The molecule has 0 saturated carbocycles. The molecule has 94 valence electrons. The van der Waals surface area contributed by atoms with Crippen LogP contribution in [0.25, 0.3) is 0 Å². The van der Waals surface area contributed by atoms with Crippen molar-refractivity contribution in [1.82, 2.24) is 9.78 Å². The maximum atomic E-state index is 11.9. The van der Waals surface area contributed by atoms with Gasteiger partial charge in [0, 0.05) is 18.5 Å². The van der Waals surface area contributed by atoms with E-state index in [0.29, 0.717) is 11.6 Å². The molecule has 0 bridgehead atoms. The highest BCUT2D eigenvalue weighted by atomic mass is 32.2. The second kappa shape index (κ2) is 5.12. The predicted molar refractivity (Wildman–Crippen MR) is 68.4 cm³/mol. The number of carbonyl (C=O) groups excluding carboxylic acids is 1. The molecule has 2 heterocycles. The summed E-state index contributed by atoms with van der Waals surface area (Å²) in [5.41, 5.74) is 1.48. The van der Waals surface area contributed by atoms with Crippen LogP contribution in [-0.2, 0) is 11.8 Å². The van der Waals surface area contributed by atoms with Gasteiger partial charge < -0.3 is 4.74 Å². The lowest BCUT2D eigenvalue weighted by Crippen LogP contribution is -2.17. The first-order valence-electron chi connectivity index (χ1n) is 5.90. The van der Waals surface area contributed by atoms with Gasteiger partial charge in [0.1, 0.15) is 6.10 Å². The Morgan fingerprint density at radius 3 is 2.94 bits per heavy atom.